The van der Waals surface area contributed by atoms with Crippen molar-refractivity contribution in [1.29, 1.82) is 0 Å². The van der Waals surface area contributed by atoms with Crippen molar-refractivity contribution >= 4 is 34.6 Å². The quantitative estimate of drug-likeness (QED) is 0.791. The van der Waals surface area contributed by atoms with Crippen molar-refractivity contribution in [2.24, 2.45) is 4.99 Å². The predicted octanol–water partition coefficient (Wildman–Crippen LogP) is 3.00. The Morgan fingerprint density at radius 2 is 2.00 bits per heavy atom. The van der Waals surface area contributed by atoms with Crippen LogP contribution in [0.4, 0.5) is 5.69 Å². The van der Waals surface area contributed by atoms with Crippen molar-refractivity contribution in [2.75, 3.05) is 20.3 Å². The van der Waals surface area contributed by atoms with E-state index < -0.39 is 0 Å². The number of phenols is 1. The molecule has 2 N–H and O–H groups in total. The molecule has 1 aliphatic rings. The molecular formula is C19H18N2O4S. The van der Waals surface area contributed by atoms with Crippen LogP contribution in [0.2, 0.25) is 0 Å². The number of amidine groups is 1. The molecule has 0 radical (unpaired) electrons. The summed E-state index contributed by atoms with van der Waals surface area (Å²) in [5.41, 5.74) is 1.40. The number of ether oxygens (including phenoxy) is 1. The smallest absolute Gasteiger partial charge is 0.266 e. The summed E-state index contributed by atoms with van der Waals surface area (Å²) in [6, 6.07) is 14.2. The van der Waals surface area contributed by atoms with Crippen molar-refractivity contribution in [3.8, 4) is 11.5 Å². The Morgan fingerprint density at radius 1 is 1.23 bits per heavy atom. The molecule has 0 aromatic heterocycles. The van der Waals surface area contributed by atoms with Crippen LogP contribution in [0.1, 0.15) is 5.56 Å². The van der Waals surface area contributed by atoms with Crippen LogP contribution >= 0.6 is 11.8 Å². The first-order valence-corrected chi connectivity index (χ1v) is 8.77. The largest absolute Gasteiger partial charge is 0.504 e. The molecule has 0 saturated carbocycles. The number of aliphatic hydroxyl groups excluding tert-OH is 1. The van der Waals surface area contributed by atoms with Crippen LogP contribution in [0.15, 0.2) is 58.4 Å². The molecule has 26 heavy (non-hydrogen) atoms. The average molecular weight is 370 g/mol. The number of hydrogen-bond donors (Lipinski definition) is 2. The highest BCUT2D eigenvalue weighted by molar-refractivity contribution is 8.18. The summed E-state index contributed by atoms with van der Waals surface area (Å²) in [5.74, 6) is 0.141. The van der Waals surface area contributed by atoms with Gasteiger partial charge in [0.05, 0.1) is 30.9 Å². The fourth-order valence-electron chi connectivity index (χ4n) is 2.45. The van der Waals surface area contributed by atoms with E-state index in [0.717, 1.165) is 5.69 Å². The monoisotopic (exact) mass is 370 g/mol. The van der Waals surface area contributed by atoms with Gasteiger partial charge in [0.1, 0.15) is 0 Å². The molecular weight excluding hydrogens is 352 g/mol. The van der Waals surface area contributed by atoms with Crippen molar-refractivity contribution in [3.63, 3.8) is 0 Å². The second kappa shape index (κ2) is 8.07. The number of para-hydroxylation sites is 1. The minimum absolute atomic E-state index is 0.00249. The molecule has 0 atom stereocenters. The number of amides is 1. The third kappa shape index (κ3) is 3.89. The molecule has 0 spiro atoms. The number of benzene rings is 2. The lowest BCUT2D eigenvalue weighted by molar-refractivity contribution is -0.122. The minimum Gasteiger partial charge on any atom is -0.504 e. The normalized spacial score (nSPS) is 17.3. The molecule has 3 rings (SSSR count). The zero-order chi connectivity index (χ0) is 18.5. The van der Waals surface area contributed by atoms with Crippen molar-refractivity contribution < 1.29 is 19.7 Å². The number of rotatable bonds is 5. The number of carbonyl (C=O) groups excluding carboxylic acids is 1. The number of thioether (sulfide) groups is 1. The number of aromatic hydroxyl groups is 1. The van der Waals surface area contributed by atoms with Crippen molar-refractivity contribution in [3.05, 3.63) is 59.0 Å². The highest BCUT2D eigenvalue weighted by atomic mass is 32.2. The van der Waals surface area contributed by atoms with Gasteiger partial charge in [-0.3, -0.25) is 9.69 Å². The lowest BCUT2D eigenvalue weighted by Crippen LogP contribution is -2.31. The Labute approximate surface area is 155 Å². The van der Waals surface area contributed by atoms with E-state index >= 15 is 0 Å². The second-order valence-corrected chi connectivity index (χ2v) is 6.46. The highest BCUT2D eigenvalue weighted by Gasteiger charge is 2.33. The summed E-state index contributed by atoms with van der Waals surface area (Å²) in [4.78, 5) is 19.1. The van der Waals surface area contributed by atoms with E-state index in [0.29, 0.717) is 21.4 Å². The van der Waals surface area contributed by atoms with Gasteiger partial charge in [0, 0.05) is 0 Å². The van der Waals surface area contributed by atoms with Crippen LogP contribution in [0.25, 0.3) is 6.08 Å². The molecule has 1 amide bonds. The van der Waals surface area contributed by atoms with E-state index in [1.165, 1.54) is 29.8 Å². The molecule has 1 aliphatic heterocycles. The molecule has 6 nitrogen and oxygen atoms in total. The van der Waals surface area contributed by atoms with Gasteiger partial charge < -0.3 is 14.9 Å². The van der Waals surface area contributed by atoms with Gasteiger partial charge in [0.25, 0.3) is 5.91 Å². The maximum Gasteiger partial charge on any atom is 0.266 e. The van der Waals surface area contributed by atoms with Crippen LogP contribution in [0.3, 0.4) is 0 Å². The number of phenolic OH excluding ortho intramolecular Hbond substituents is 1. The molecule has 134 valence electrons. The fourth-order valence-corrected chi connectivity index (χ4v) is 3.47. The van der Waals surface area contributed by atoms with Gasteiger partial charge in [-0.2, -0.15) is 0 Å². The van der Waals surface area contributed by atoms with Crippen LogP contribution in [-0.2, 0) is 4.79 Å². The standard InChI is InChI=1S/C19H18N2O4S/c1-25-16-8-7-13(11-15(16)23)12-17-18(24)21(9-10-22)19(26-17)20-14-5-3-2-4-6-14/h2-8,11-12,22-23H,9-10H2,1H3/b17-12+,20-19?. The lowest BCUT2D eigenvalue weighted by atomic mass is 10.2. The molecule has 7 heteroatoms. The number of hydrogen-bond acceptors (Lipinski definition) is 6. The third-order valence-electron chi connectivity index (χ3n) is 3.69. The number of aliphatic imine (C=N–C) groups is 1. The van der Waals surface area contributed by atoms with Crippen LogP contribution in [0, 0.1) is 0 Å². The van der Waals surface area contributed by atoms with Gasteiger partial charge >= 0.3 is 0 Å². The molecule has 1 fully saturated rings. The highest BCUT2D eigenvalue weighted by Crippen LogP contribution is 2.35. The zero-order valence-corrected chi connectivity index (χ0v) is 14.9. The predicted molar refractivity (Wildman–Crippen MR) is 103 cm³/mol. The van der Waals surface area contributed by atoms with E-state index in [9.17, 15) is 15.0 Å². The summed E-state index contributed by atoms with van der Waals surface area (Å²) in [6.07, 6.45) is 1.68. The minimum atomic E-state index is -0.228. The van der Waals surface area contributed by atoms with Gasteiger partial charge in [0.15, 0.2) is 16.7 Å². The Hall–Kier alpha value is -2.77. The molecule has 0 aliphatic carbocycles. The Balaban J connectivity index is 1.92. The van der Waals surface area contributed by atoms with Crippen molar-refractivity contribution in [1.82, 2.24) is 4.90 Å². The second-order valence-electron chi connectivity index (χ2n) is 5.45. The first kappa shape index (κ1) is 18.0. The van der Waals surface area contributed by atoms with Crippen LogP contribution in [0.5, 0.6) is 11.5 Å². The third-order valence-corrected chi connectivity index (χ3v) is 4.70. The molecule has 1 saturated heterocycles. The molecule has 1 heterocycles. The number of nitrogens with zero attached hydrogens (tertiary/aromatic N) is 2. The van der Waals surface area contributed by atoms with E-state index in [2.05, 4.69) is 4.99 Å². The summed E-state index contributed by atoms with van der Waals surface area (Å²) >= 11 is 1.24. The molecule has 0 bridgehead atoms. The van der Waals surface area contributed by atoms with Crippen molar-refractivity contribution in [2.45, 2.75) is 0 Å². The maximum atomic E-state index is 12.7. The first-order valence-electron chi connectivity index (χ1n) is 7.95. The van der Waals surface area contributed by atoms with E-state index in [1.54, 1.807) is 18.2 Å². The van der Waals surface area contributed by atoms with E-state index in [1.807, 2.05) is 30.3 Å². The van der Waals surface area contributed by atoms with Gasteiger partial charge in [-0.1, -0.05) is 24.3 Å². The summed E-state index contributed by atoms with van der Waals surface area (Å²) in [5, 5.41) is 19.7. The topological polar surface area (TPSA) is 82.4 Å². The lowest BCUT2D eigenvalue weighted by Gasteiger charge is -2.13. The Morgan fingerprint density at radius 3 is 2.65 bits per heavy atom. The SMILES string of the molecule is COc1ccc(/C=C2/SC(=Nc3ccccc3)N(CCO)C2=O)cc1O. The zero-order valence-electron chi connectivity index (χ0n) is 14.1. The van der Waals surface area contributed by atoms with E-state index in [4.69, 9.17) is 4.74 Å². The van der Waals surface area contributed by atoms with Crippen LogP contribution < -0.4 is 4.74 Å². The molecule has 0 unspecified atom stereocenters. The average Bonchev–Trinajstić information content (AvgIpc) is 2.92. The molecule has 2 aromatic rings. The number of methoxy groups -OCH3 is 1. The maximum absolute atomic E-state index is 12.7. The van der Waals surface area contributed by atoms with Crippen LogP contribution in [-0.4, -0.2) is 46.4 Å². The summed E-state index contributed by atoms with van der Waals surface area (Å²) < 4.78 is 5.03. The van der Waals surface area contributed by atoms with E-state index in [-0.39, 0.29) is 24.8 Å². The summed E-state index contributed by atoms with van der Waals surface area (Å²) in [7, 11) is 1.47. The van der Waals surface area contributed by atoms with Gasteiger partial charge in [-0.15, -0.1) is 0 Å². The van der Waals surface area contributed by atoms with Gasteiger partial charge in [-0.25, -0.2) is 4.99 Å². The number of carbonyl (C=O) groups is 1. The Bertz CT molecular complexity index is 865. The Kier molecular flexibility index (Phi) is 5.60. The van der Waals surface area contributed by atoms with Gasteiger partial charge in [0.2, 0.25) is 0 Å². The number of aliphatic hydroxyl groups is 1. The fraction of sp³-hybridized carbons (Fsp3) is 0.158. The number of β-amino-alcohol motifs (C(OH)–C–C–N with tert-alkyl or cyclic N) is 1. The first-order chi connectivity index (χ1) is 12.6. The molecule has 2 aromatic carbocycles. The van der Waals surface area contributed by atoms with Gasteiger partial charge in [-0.05, 0) is 47.7 Å². The summed E-state index contributed by atoms with van der Waals surface area (Å²) in [6.45, 7) is 0.0133.